The van der Waals surface area contributed by atoms with Gasteiger partial charge in [-0.05, 0) is 18.8 Å². The van der Waals surface area contributed by atoms with E-state index in [2.05, 4.69) is 58.4 Å². The predicted octanol–water partition coefficient (Wildman–Crippen LogP) is 5.08. The van der Waals surface area contributed by atoms with E-state index in [4.69, 9.17) is 16.6 Å². The van der Waals surface area contributed by atoms with Crippen molar-refractivity contribution in [3.8, 4) is 0 Å². The van der Waals surface area contributed by atoms with Crippen molar-refractivity contribution in [3.63, 3.8) is 0 Å². The summed E-state index contributed by atoms with van der Waals surface area (Å²) in [6.07, 6.45) is 2.21. The van der Waals surface area contributed by atoms with Gasteiger partial charge in [-0.2, -0.15) is 0 Å². The van der Waals surface area contributed by atoms with Gasteiger partial charge in [0.25, 0.3) is 0 Å². The molecule has 0 atom stereocenters. The van der Waals surface area contributed by atoms with Crippen molar-refractivity contribution in [2.45, 2.75) is 72.8 Å². The average molecular weight is 312 g/mol. The van der Waals surface area contributed by atoms with Gasteiger partial charge in [0.1, 0.15) is 16.8 Å². The Kier molecular flexibility index (Phi) is 6.45. The van der Waals surface area contributed by atoms with Crippen LogP contribution in [0.15, 0.2) is 6.07 Å². The average Bonchev–Trinajstić information content (AvgIpc) is 2.36. The first-order chi connectivity index (χ1) is 9.68. The lowest BCUT2D eigenvalue weighted by Gasteiger charge is -2.34. The normalized spacial score (nSPS) is 12.3. The topological polar surface area (TPSA) is 29.0 Å². The maximum atomic E-state index is 6.25. The molecular weight excluding hydrogens is 282 g/mol. The molecule has 120 valence electrons. The van der Waals surface area contributed by atoms with Gasteiger partial charge in [-0.25, -0.2) is 9.97 Å². The molecule has 0 unspecified atom stereocenters. The fourth-order valence-electron chi connectivity index (χ4n) is 2.44. The maximum absolute atomic E-state index is 6.25. The van der Waals surface area contributed by atoms with Crippen molar-refractivity contribution in [2.75, 3.05) is 11.4 Å². The Bertz CT molecular complexity index is 448. The van der Waals surface area contributed by atoms with Gasteiger partial charge in [0.2, 0.25) is 0 Å². The molecule has 0 spiro atoms. The first-order valence-corrected chi connectivity index (χ1v) is 8.38. The van der Waals surface area contributed by atoms with E-state index in [9.17, 15) is 0 Å². The third-order valence-corrected chi connectivity index (χ3v) is 3.79. The molecule has 4 heteroatoms. The molecule has 0 aliphatic rings. The Morgan fingerprint density at radius 1 is 1.14 bits per heavy atom. The van der Waals surface area contributed by atoms with Crippen molar-refractivity contribution in [2.24, 2.45) is 5.92 Å². The second-order valence-electron chi connectivity index (χ2n) is 7.14. The summed E-state index contributed by atoms with van der Waals surface area (Å²) in [7, 11) is 0. The summed E-state index contributed by atoms with van der Waals surface area (Å²) in [6, 6.07) is 2.39. The predicted molar refractivity (Wildman–Crippen MR) is 92.3 cm³/mol. The molecule has 0 aromatic carbocycles. The van der Waals surface area contributed by atoms with Gasteiger partial charge in [0.15, 0.2) is 0 Å². The number of halogens is 1. The minimum absolute atomic E-state index is 0.100. The van der Waals surface area contributed by atoms with Gasteiger partial charge in [-0.3, -0.25) is 0 Å². The molecule has 0 saturated heterocycles. The number of hydrogen-bond acceptors (Lipinski definition) is 3. The first kappa shape index (κ1) is 18.2. The van der Waals surface area contributed by atoms with Crippen molar-refractivity contribution < 1.29 is 0 Å². The third kappa shape index (κ3) is 5.14. The minimum Gasteiger partial charge on any atom is -0.353 e. The number of nitrogens with zero attached hydrogens (tertiary/aromatic N) is 3. The first-order valence-electron chi connectivity index (χ1n) is 8.00. The number of hydrogen-bond donors (Lipinski definition) is 0. The van der Waals surface area contributed by atoms with E-state index < -0.39 is 0 Å². The van der Waals surface area contributed by atoms with Crippen LogP contribution in [0.1, 0.15) is 67.1 Å². The van der Waals surface area contributed by atoms with Gasteiger partial charge in [-0.15, -0.1) is 0 Å². The molecule has 0 radical (unpaired) electrons. The monoisotopic (exact) mass is 311 g/mol. The van der Waals surface area contributed by atoms with Gasteiger partial charge in [-0.1, -0.05) is 60.1 Å². The molecule has 0 aliphatic heterocycles. The molecule has 3 nitrogen and oxygen atoms in total. The summed E-state index contributed by atoms with van der Waals surface area (Å²) in [5, 5.41) is 0.532. The number of anilines is 1. The van der Waals surface area contributed by atoms with E-state index in [1.807, 2.05) is 6.07 Å². The highest BCUT2D eigenvalue weighted by atomic mass is 35.5. The molecule has 21 heavy (non-hydrogen) atoms. The lowest BCUT2D eigenvalue weighted by atomic mass is 9.96. The van der Waals surface area contributed by atoms with Gasteiger partial charge in [0, 0.05) is 24.1 Å². The highest BCUT2D eigenvalue weighted by Gasteiger charge is 2.23. The molecule has 0 N–H and O–H groups in total. The van der Waals surface area contributed by atoms with Crippen LogP contribution < -0.4 is 4.90 Å². The number of aromatic nitrogens is 2. The Hall–Kier alpha value is -0.830. The summed E-state index contributed by atoms with van der Waals surface area (Å²) in [5.74, 6) is 2.35. The van der Waals surface area contributed by atoms with Crippen molar-refractivity contribution in [1.29, 1.82) is 0 Å². The SMILES string of the molecule is CCC(CC)N(CC(C)C)c1cc(Cl)nc(C(C)(C)C)n1. The van der Waals surface area contributed by atoms with Crippen molar-refractivity contribution >= 4 is 17.4 Å². The standard InChI is InChI=1S/C17H30ClN3/c1-8-13(9-2)21(11-12(3)4)15-10-14(18)19-16(20-15)17(5,6)7/h10,12-13H,8-9,11H2,1-7H3. The summed E-state index contributed by atoms with van der Waals surface area (Å²) < 4.78 is 0. The van der Waals surface area contributed by atoms with E-state index in [1.54, 1.807) is 0 Å². The van der Waals surface area contributed by atoms with E-state index >= 15 is 0 Å². The van der Waals surface area contributed by atoms with Crippen LogP contribution in [0.5, 0.6) is 0 Å². The quantitative estimate of drug-likeness (QED) is 0.686. The molecule has 1 aromatic heterocycles. The van der Waals surface area contributed by atoms with Crippen molar-refractivity contribution in [1.82, 2.24) is 9.97 Å². The van der Waals surface area contributed by atoms with Gasteiger partial charge in [0.05, 0.1) is 0 Å². The summed E-state index contributed by atoms with van der Waals surface area (Å²) in [6.45, 7) is 16.3. The lowest BCUT2D eigenvalue weighted by molar-refractivity contribution is 0.495. The summed E-state index contributed by atoms with van der Waals surface area (Å²) in [5.41, 5.74) is -0.100. The minimum atomic E-state index is -0.100. The molecule has 0 saturated carbocycles. The molecule has 0 amide bonds. The van der Waals surface area contributed by atoms with Crippen LogP contribution in [0.2, 0.25) is 5.15 Å². The van der Waals surface area contributed by atoms with Crippen LogP contribution in [0.25, 0.3) is 0 Å². The Labute approximate surface area is 135 Å². The third-order valence-electron chi connectivity index (χ3n) is 3.59. The fourth-order valence-corrected chi connectivity index (χ4v) is 2.62. The maximum Gasteiger partial charge on any atom is 0.137 e. The summed E-state index contributed by atoms with van der Waals surface area (Å²) >= 11 is 6.25. The van der Waals surface area contributed by atoms with Crippen molar-refractivity contribution in [3.05, 3.63) is 17.0 Å². The highest BCUT2D eigenvalue weighted by Crippen LogP contribution is 2.26. The molecule has 1 heterocycles. The van der Waals surface area contributed by atoms with E-state index in [-0.39, 0.29) is 5.41 Å². The van der Waals surface area contributed by atoms with Crippen LogP contribution in [0.3, 0.4) is 0 Å². The molecule has 0 aliphatic carbocycles. The molecule has 1 aromatic rings. The zero-order valence-corrected chi connectivity index (χ0v) is 15.3. The lowest BCUT2D eigenvalue weighted by Crippen LogP contribution is -2.38. The smallest absolute Gasteiger partial charge is 0.137 e. The zero-order chi connectivity index (χ0) is 16.2. The highest BCUT2D eigenvalue weighted by molar-refractivity contribution is 6.29. The van der Waals surface area contributed by atoms with E-state index in [0.717, 1.165) is 31.0 Å². The second kappa shape index (κ2) is 7.44. The molecule has 0 bridgehead atoms. The molecule has 1 rings (SSSR count). The largest absolute Gasteiger partial charge is 0.353 e. The number of rotatable bonds is 6. The van der Waals surface area contributed by atoms with Crippen LogP contribution in [0.4, 0.5) is 5.82 Å². The van der Waals surface area contributed by atoms with Crippen LogP contribution in [0, 0.1) is 5.92 Å². The van der Waals surface area contributed by atoms with Gasteiger partial charge < -0.3 is 4.90 Å². The summed E-state index contributed by atoms with van der Waals surface area (Å²) in [4.78, 5) is 11.6. The van der Waals surface area contributed by atoms with Crippen LogP contribution in [-0.4, -0.2) is 22.6 Å². The van der Waals surface area contributed by atoms with E-state index in [1.165, 1.54) is 0 Å². The fraction of sp³-hybridized carbons (Fsp3) is 0.765. The second-order valence-corrected chi connectivity index (χ2v) is 7.53. The van der Waals surface area contributed by atoms with Crippen LogP contribution >= 0.6 is 11.6 Å². The Morgan fingerprint density at radius 2 is 1.71 bits per heavy atom. The zero-order valence-electron chi connectivity index (χ0n) is 14.6. The Morgan fingerprint density at radius 3 is 2.14 bits per heavy atom. The van der Waals surface area contributed by atoms with Crippen LogP contribution in [-0.2, 0) is 5.41 Å². The van der Waals surface area contributed by atoms with E-state index in [0.29, 0.717) is 17.1 Å². The molecule has 0 fully saturated rings. The van der Waals surface area contributed by atoms with Gasteiger partial charge >= 0.3 is 0 Å². The molecular formula is C17H30ClN3. The Balaban J connectivity index is 3.26.